The fourth-order valence-electron chi connectivity index (χ4n) is 1.43. The third kappa shape index (κ3) is 14.1. The zero-order valence-electron chi connectivity index (χ0n) is 14.4. The van der Waals surface area contributed by atoms with Crippen LogP contribution in [0, 0.1) is 0 Å². The first kappa shape index (κ1) is 18.9. The zero-order valence-corrected chi connectivity index (χ0v) is 17.4. The Bertz CT molecular complexity index is 298. The van der Waals surface area contributed by atoms with Gasteiger partial charge in [-0.3, -0.25) is 0 Å². The van der Waals surface area contributed by atoms with Gasteiger partial charge in [0.25, 0.3) is 8.32 Å². The van der Waals surface area contributed by atoms with Gasteiger partial charge in [0.15, 0.2) is 0 Å². The minimum atomic E-state index is -1.61. The lowest BCUT2D eigenvalue weighted by Crippen LogP contribution is -2.31. The molecule has 114 valence electrons. The lowest BCUT2D eigenvalue weighted by Gasteiger charge is -2.23. The summed E-state index contributed by atoms with van der Waals surface area (Å²) in [4.78, 5) is 0. The molecule has 0 aliphatic rings. The Morgan fingerprint density at radius 3 is 1.74 bits per heavy atom. The van der Waals surface area contributed by atoms with Crippen LogP contribution in [0.25, 0.3) is 0 Å². The fraction of sp³-hybridized carbons (Fsp3) is 0.923. The maximum absolute atomic E-state index is 6.05. The summed E-state index contributed by atoms with van der Waals surface area (Å²) < 4.78 is 11.7. The molecule has 0 amide bonds. The van der Waals surface area contributed by atoms with E-state index >= 15 is 0 Å². The van der Waals surface area contributed by atoms with Crippen molar-refractivity contribution in [1.82, 2.24) is 0 Å². The van der Waals surface area contributed by atoms with Gasteiger partial charge in [0.05, 0.1) is 0 Å². The van der Waals surface area contributed by atoms with E-state index in [1.165, 1.54) is 6.04 Å². The summed E-state index contributed by atoms with van der Waals surface area (Å²) in [6.45, 7) is 20.2. The van der Waals surface area contributed by atoms with Crippen molar-refractivity contribution in [3.05, 3.63) is 0 Å². The first-order valence-corrected chi connectivity index (χ1v) is 17.7. The van der Waals surface area contributed by atoms with Gasteiger partial charge in [-0.05, 0) is 45.7 Å². The maximum Gasteiger partial charge on any atom is 0.278 e. The van der Waals surface area contributed by atoms with Gasteiger partial charge in [0, 0.05) is 14.5 Å². The Morgan fingerprint density at radius 2 is 1.37 bits per heavy atom. The molecule has 0 saturated carbocycles. The molecule has 0 rings (SSSR count). The second-order valence-corrected chi connectivity index (χ2v) is 22.8. The normalized spacial score (nSPS) is 14.5. The van der Waals surface area contributed by atoms with Crippen LogP contribution >= 0.6 is 0 Å². The third-order valence-electron chi connectivity index (χ3n) is 2.16. The van der Waals surface area contributed by atoms with Crippen molar-refractivity contribution in [2.75, 3.05) is 0 Å². The minimum absolute atomic E-state index is 0.819. The van der Waals surface area contributed by atoms with E-state index in [1.54, 1.807) is 0 Å². The topological polar surface area (TPSA) is 30.8 Å². The van der Waals surface area contributed by atoms with Gasteiger partial charge in [-0.1, -0.05) is 30.8 Å². The van der Waals surface area contributed by atoms with Crippen molar-refractivity contribution in [3.8, 4) is 0 Å². The summed E-state index contributed by atoms with van der Waals surface area (Å²) >= 11 is 0. The van der Waals surface area contributed by atoms with Crippen LogP contribution in [0.2, 0.25) is 65.0 Å². The minimum Gasteiger partial charge on any atom is -0.532 e. The van der Waals surface area contributed by atoms with Crippen LogP contribution in [-0.4, -0.2) is 30.6 Å². The van der Waals surface area contributed by atoms with E-state index in [9.17, 15) is 0 Å². The van der Waals surface area contributed by atoms with E-state index in [0.717, 1.165) is 18.7 Å². The molecule has 0 heterocycles. The highest BCUT2D eigenvalue weighted by molar-refractivity contribution is 6.76. The molecule has 0 unspecified atom stereocenters. The van der Waals surface area contributed by atoms with Gasteiger partial charge < -0.3 is 8.95 Å². The Morgan fingerprint density at radius 1 is 0.842 bits per heavy atom. The van der Waals surface area contributed by atoms with E-state index in [4.69, 9.17) is 8.95 Å². The van der Waals surface area contributed by atoms with Crippen molar-refractivity contribution in [1.29, 1.82) is 0 Å². The van der Waals surface area contributed by atoms with Gasteiger partial charge >= 0.3 is 0 Å². The van der Waals surface area contributed by atoms with E-state index in [-0.39, 0.29) is 0 Å². The zero-order chi connectivity index (χ0) is 15.3. The average Bonchev–Trinajstić information content (AvgIpc) is 2.08. The molecule has 0 aromatic rings. The van der Waals surface area contributed by atoms with E-state index in [0.29, 0.717) is 0 Å². The first-order valence-electron chi connectivity index (χ1n) is 7.23. The van der Waals surface area contributed by atoms with Crippen molar-refractivity contribution in [2.24, 2.45) is 5.16 Å². The number of nitrogens with zero attached hydrogens (tertiary/aromatic N) is 1. The van der Waals surface area contributed by atoms with Crippen LogP contribution in [0.5, 0.6) is 0 Å². The van der Waals surface area contributed by atoms with Crippen LogP contribution in [-0.2, 0) is 8.95 Å². The molecule has 0 saturated heterocycles. The molecule has 0 N–H and O–H groups in total. The molecule has 6 heteroatoms. The molecular formula is C13H33NO2Si3. The summed E-state index contributed by atoms with van der Waals surface area (Å²) in [5, 5.41) is 4.31. The van der Waals surface area contributed by atoms with E-state index < -0.39 is 24.7 Å². The molecule has 19 heavy (non-hydrogen) atoms. The van der Waals surface area contributed by atoms with Gasteiger partial charge in [0.1, 0.15) is 0 Å². The summed E-state index contributed by atoms with van der Waals surface area (Å²) in [5.74, 6) is 0.819. The van der Waals surface area contributed by atoms with Crippen LogP contribution in [0.3, 0.4) is 0 Å². The predicted molar refractivity (Wildman–Crippen MR) is 93.7 cm³/mol. The van der Waals surface area contributed by atoms with E-state index in [1.807, 2.05) is 0 Å². The first-order chi connectivity index (χ1) is 8.29. The Kier molecular flexibility index (Phi) is 7.05. The van der Waals surface area contributed by atoms with Gasteiger partial charge in [0.2, 0.25) is 14.2 Å². The SMILES string of the molecule is C[Si](C)(C)CCC/C(=N\O[Si](C)(C)C)O[Si](C)(C)C. The highest BCUT2D eigenvalue weighted by atomic mass is 28.4. The highest BCUT2D eigenvalue weighted by Crippen LogP contribution is 2.16. The Labute approximate surface area is 123 Å². The molecule has 0 aromatic heterocycles. The van der Waals surface area contributed by atoms with Crippen molar-refractivity contribution in [2.45, 2.75) is 77.8 Å². The summed E-state index contributed by atoms with van der Waals surface area (Å²) in [7, 11) is -4.18. The van der Waals surface area contributed by atoms with Crippen LogP contribution in [0.4, 0.5) is 0 Å². The third-order valence-corrected chi connectivity index (χ3v) is 5.50. The predicted octanol–water partition coefficient (Wildman–Crippen LogP) is 5.12. The smallest absolute Gasteiger partial charge is 0.278 e. The quantitative estimate of drug-likeness (QED) is 0.282. The number of rotatable bonds is 7. The van der Waals surface area contributed by atoms with Crippen molar-refractivity contribution >= 4 is 30.6 Å². The number of hydrogen-bond donors (Lipinski definition) is 0. The molecule has 0 radical (unpaired) electrons. The highest BCUT2D eigenvalue weighted by Gasteiger charge is 2.22. The summed E-state index contributed by atoms with van der Waals surface area (Å²) in [6, 6.07) is 1.31. The number of oxime groups is 1. The largest absolute Gasteiger partial charge is 0.532 e. The average molecular weight is 320 g/mol. The molecule has 0 aliphatic heterocycles. The standard InChI is InChI=1S/C13H33NO2Si3/c1-17(2,3)12-10-11-13(15-18(4,5)6)14-16-19(7,8)9/h10-12H2,1-9H3/b14-13+. The van der Waals surface area contributed by atoms with Crippen molar-refractivity contribution in [3.63, 3.8) is 0 Å². The molecule has 0 spiro atoms. The molecule has 0 aliphatic carbocycles. The second-order valence-electron chi connectivity index (χ2n) is 8.32. The molecule has 0 aromatic carbocycles. The summed E-state index contributed by atoms with van der Waals surface area (Å²) in [6.07, 6.45) is 2.08. The Balaban J connectivity index is 4.51. The van der Waals surface area contributed by atoms with Gasteiger partial charge in [-0.15, -0.1) is 0 Å². The molecule has 3 nitrogen and oxygen atoms in total. The monoisotopic (exact) mass is 319 g/mol. The van der Waals surface area contributed by atoms with Crippen LogP contribution in [0.15, 0.2) is 5.16 Å². The molecule has 0 fully saturated rings. The lowest BCUT2D eigenvalue weighted by atomic mass is 10.3. The van der Waals surface area contributed by atoms with E-state index in [2.05, 4.69) is 64.1 Å². The molecule has 0 bridgehead atoms. The Hall–Kier alpha value is -0.0794. The number of hydrogen-bond acceptors (Lipinski definition) is 3. The maximum atomic E-state index is 6.05. The van der Waals surface area contributed by atoms with Crippen LogP contribution < -0.4 is 0 Å². The lowest BCUT2D eigenvalue weighted by molar-refractivity contribution is 0.315. The molecule has 0 atom stereocenters. The second kappa shape index (κ2) is 7.08. The molecular weight excluding hydrogens is 286 g/mol. The summed E-state index contributed by atoms with van der Waals surface area (Å²) in [5.41, 5.74) is 0. The van der Waals surface area contributed by atoms with Gasteiger partial charge in [-0.2, -0.15) is 0 Å². The van der Waals surface area contributed by atoms with Crippen molar-refractivity contribution < 1.29 is 8.95 Å². The fourth-order valence-corrected chi connectivity index (χ4v) is 3.89. The van der Waals surface area contributed by atoms with Gasteiger partial charge in [-0.25, -0.2) is 0 Å². The van der Waals surface area contributed by atoms with Crippen LogP contribution in [0.1, 0.15) is 12.8 Å².